The van der Waals surface area contributed by atoms with E-state index in [-0.39, 0.29) is 41.1 Å². The van der Waals surface area contributed by atoms with Crippen molar-refractivity contribution in [3.05, 3.63) is 65.8 Å². The van der Waals surface area contributed by atoms with Crippen LogP contribution in [0.3, 0.4) is 0 Å². The molecule has 0 saturated carbocycles. The van der Waals surface area contributed by atoms with Crippen molar-refractivity contribution in [3.63, 3.8) is 0 Å². The van der Waals surface area contributed by atoms with E-state index < -0.39 is 23.3 Å². The number of ether oxygens (including phenoxy) is 3. The smallest absolute Gasteiger partial charge is 0.201 e. The molecular weight excluding hydrogens is 484 g/mol. The van der Waals surface area contributed by atoms with E-state index in [0.29, 0.717) is 25.0 Å². The molecule has 7 heteroatoms. The van der Waals surface area contributed by atoms with Crippen molar-refractivity contribution >= 4 is 0 Å². The minimum atomic E-state index is -1.27. The average molecular weight is 521 g/mol. The molecule has 37 heavy (non-hydrogen) atoms. The van der Waals surface area contributed by atoms with E-state index in [1.165, 1.54) is 24.3 Å². The van der Waals surface area contributed by atoms with Crippen LogP contribution in [0.25, 0.3) is 11.1 Å². The summed E-state index contributed by atoms with van der Waals surface area (Å²) in [5, 5.41) is 0. The molecule has 202 valence electrons. The number of allylic oxidation sites excluding steroid dienone is 1. The Morgan fingerprint density at radius 3 is 2.14 bits per heavy atom. The lowest BCUT2D eigenvalue weighted by atomic mass is 9.86. The van der Waals surface area contributed by atoms with Crippen molar-refractivity contribution in [2.24, 2.45) is 5.92 Å². The zero-order valence-electron chi connectivity index (χ0n) is 21.4. The summed E-state index contributed by atoms with van der Waals surface area (Å²) in [6.07, 6.45) is 10.0. The maximum absolute atomic E-state index is 15.1. The highest BCUT2D eigenvalue weighted by Gasteiger charge is 2.29. The molecule has 2 aromatic rings. The predicted octanol–water partition coefficient (Wildman–Crippen LogP) is 8.11. The quantitative estimate of drug-likeness (QED) is 0.234. The molecule has 2 aromatic carbocycles. The SMILES string of the molecule is C=CCCC1CCC(CCC2CCC(c3ccc(-c4ccc(OCC)c(F)c4F)c(F)c3F)CO2)CO1. The van der Waals surface area contributed by atoms with E-state index in [2.05, 4.69) is 6.58 Å². The van der Waals surface area contributed by atoms with Crippen LogP contribution in [0.1, 0.15) is 69.8 Å². The summed E-state index contributed by atoms with van der Waals surface area (Å²) in [5.41, 5.74) is -0.461. The van der Waals surface area contributed by atoms with E-state index in [0.717, 1.165) is 51.6 Å². The van der Waals surface area contributed by atoms with Gasteiger partial charge in [-0.05, 0) is 81.9 Å². The lowest BCUT2D eigenvalue weighted by Gasteiger charge is -2.32. The summed E-state index contributed by atoms with van der Waals surface area (Å²) in [5.74, 6) is -4.73. The molecule has 2 fully saturated rings. The normalized spacial score (nSPS) is 24.1. The molecule has 0 bridgehead atoms. The highest BCUT2D eigenvalue weighted by molar-refractivity contribution is 5.66. The van der Waals surface area contributed by atoms with Gasteiger partial charge in [-0.2, -0.15) is 4.39 Å². The van der Waals surface area contributed by atoms with Crippen LogP contribution in [-0.4, -0.2) is 32.0 Å². The third-order valence-electron chi connectivity index (χ3n) is 7.61. The minimum Gasteiger partial charge on any atom is -0.491 e. The van der Waals surface area contributed by atoms with Crippen LogP contribution in [0, 0.1) is 29.2 Å². The van der Waals surface area contributed by atoms with Gasteiger partial charge in [0, 0.05) is 23.7 Å². The number of benzene rings is 2. The first-order valence-electron chi connectivity index (χ1n) is 13.4. The molecule has 2 saturated heterocycles. The van der Waals surface area contributed by atoms with Gasteiger partial charge in [-0.15, -0.1) is 6.58 Å². The van der Waals surface area contributed by atoms with Crippen LogP contribution in [0.2, 0.25) is 0 Å². The fourth-order valence-electron chi connectivity index (χ4n) is 5.41. The summed E-state index contributed by atoms with van der Waals surface area (Å²) >= 11 is 0. The van der Waals surface area contributed by atoms with Gasteiger partial charge in [0.2, 0.25) is 5.82 Å². The fourth-order valence-corrected chi connectivity index (χ4v) is 5.41. The van der Waals surface area contributed by atoms with E-state index in [1.807, 2.05) is 6.08 Å². The summed E-state index contributed by atoms with van der Waals surface area (Å²) in [7, 11) is 0. The Morgan fingerprint density at radius 2 is 1.49 bits per heavy atom. The molecule has 0 spiro atoms. The van der Waals surface area contributed by atoms with E-state index in [9.17, 15) is 8.78 Å². The van der Waals surface area contributed by atoms with E-state index in [1.54, 1.807) is 6.92 Å². The van der Waals surface area contributed by atoms with Crippen molar-refractivity contribution in [1.29, 1.82) is 0 Å². The second-order valence-electron chi connectivity index (χ2n) is 10.1. The number of halogens is 4. The molecule has 2 aliphatic heterocycles. The topological polar surface area (TPSA) is 27.7 Å². The summed E-state index contributed by atoms with van der Waals surface area (Å²) in [4.78, 5) is 0. The highest BCUT2D eigenvalue weighted by atomic mass is 19.2. The van der Waals surface area contributed by atoms with Crippen molar-refractivity contribution in [2.45, 2.75) is 76.4 Å². The van der Waals surface area contributed by atoms with Crippen LogP contribution in [0.5, 0.6) is 5.75 Å². The zero-order valence-corrected chi connectivity index (χ0v) is 21.4. The molecule has 0 N–H and O–H groups in total. The van der Waals surface area contributed by atoms with Gasteiger partial charge in [0.15, 0.2) is 23.2 Å². The number of hydrogen-bond donors (Lipinski definition) is 0. The number of hydrogen-bond acceptors (Lipinski definition) is 3. The molecule has 2 aliphatic rings. The molecule has 4 unspecified atom stereocenters. The lowest BCUT2D eigenvalue weighted by molar-refractivity contribution is -0.0350. The van der Waals surface area contributed by atoms with Crippen molar-refractivity contribution in [2.75, 3.05) is 19.8 Å². The summed E-state index contributed by atoms with van der Waals surface area (Å²) in [6.45, 7) is 6.65. The minimum absolute atomic E-state index is 0.0999. The van der Waals surface area contributed by atoms with Crippen LogP contribution >= 0.6 is 0 Å². The van der Waals surface area contributed by atoms with Gasteiger partial charge in [-0.3, -0.25) is 0 Å². The third kappa shape index (κ3) is 6.55. The Kier molecular flexibility index (Phi) is 9.65. The first kappa shape index (κ1) is 27.6. The Morgan fingerprint density at radius 1 is 0.811 bits per heavy atom. The molecule has 3 nitrogen and oxygen atoms in total. The third-order valence-corrected chi connectivity index (χ3v) is 7.61. The molecule has 0 radical (unpaired) electrons. The second kappa shape index (κ2) is 12.9. The van der Waals surface area contributed by atoms with Gasteiger partial charge in [-0.25, -0.2) is 13.2 Å². The Balaban J connectivity index is 1.32. The zero-order chi connectivity index (χ0) is 26.4. The summed E-state index contributed by atoms with van der Waals surface area (Å²) < 4.78 is 76.0. The Labute approximate surface area is 216 Å². The van der Waals surface area contributed by atoms with Gasteiger partial charge < -0.3 is 14.2 Å². The first-order chi connectivity index (χ1) is 17.9. The van der Waals surface area contributed by atoms with Crippen molar-refractivity contribution < 1.29 is 31.8 Å². The van der Waals surface area contributed by atoms with Crippen LogP contribution in [0.4, 0.5) is 17.6 Å². The molecular formula is C30H36F4O3. The Hall–Kier alpha value is -2.38. The monoisotopic (exact) mass is 520 g/mol. The first-order valence-corrected chi connectivity index (χ1v) is 13.4. The van der Waals surface area contributed by atoms with Gasteiger partial charge in [0.25, 0.3) is 0 Å². The maximum atomic E-state index is 15.1. The Bertz CT molecular complexity index is 1060. The maximum Gasteiger partial charge on any atom is 0.201 e. The van der Waals surface area contributed by atoms with Crippen LogP contribution in [0.15, 0.2) is 36.9 Å². The largest absolute Gasteiger partial charge is 0.491 e. The standard InChI is InChI=1S/C30H36F4O3/c1-3-5-6-21-10-7-19(17-36-21)8-11-22-12-9-20(18-37-22)23-13-14-24(28(32)27(23)31)25-15-16-26(35-4-2)30(34)29(25)33/h3,13-16,19-22H,1,4-12,17-18H2,2H3. The molecule has 4 atom stereocenters. The van der Waals surface area contributed by atoms with Gasteiger partial charge in [-0.1, -0.05) is 18.2 Å². The average Bonchev–Trinajstić information content (AvgIpc) is 2.92. The van der Waals surface area contributed by atoms with Crippen molar-refractivity contribution in [1.82, 2.24) is 0 Å². The fraction of sp³-hybridized carbons (Fsp3) is 0.533. The van der Waals surface area contributed by atoms with Gasteiger partial charge in [0.05, 0.1) is 25.4 Å². The lowest BCUT2D eigenvalue weighted by Crippen LogP contribution is -2.29. The molecule has 0 amide bonds. The molecule has 0 aliphatic carbocycles. The van der Waals surface area contributed by atoms with Crippen molar-refractivity contribution in [3.8, 4) is 16.9 Å². The predicted molar refractivity (Wildman–Crippen MR) is 136 cm³/mol. The highest BCUT2D eigenvalue weighted by Crippen LogP contribution is 2.37. The molecule has 2 heterocycles. The number of rotatable bonds is 10. The van der Waals surface area contributed by atoms with Gasteiger partial charge >= 0.3 is 0 Å². The molecule has 0 aromatic heterocycles. The van der Waals surface area contributed by atoms with Crippen LogP contribution < -0.4 is 4.74 Å². The van der Waals surface area contributed by atoms with E-state index >= 15 is 8.78 Å². The second-order valence-corrected chi connectivity index (χ2v) is 10.1. The van der Waals surface area contributed by atoms with Gasteiger partial charge in [0.1, 0.15) is 0 Å². The van der Waals surface area contributed by atoms with Crippen LogP contribution in [-0.2, 0) is 9.47 Å². The van der Waals surface area contributed by atoms with E-state index in [4.69, 9.17) is 14.2 Å². The molecule has 4 rings (SSSR count). The summed E-state index contributed by atoms with van der Waals surface area (Å²) in [6, 6.07) is 5.19.